The highest BCUT2D eigenvalue weighted by molar-refractivity contribution is 7.89. The molecule has 1 aliphatic rings. The molecule has 0 amide bonds. The SMILES string of the molecule is Nc1cncc(S(=O)(=O)NCCC2=CCCCC2)c1. The van der Waals surface area contributed by atoms with Gasteiger partial charge in [0, 0.05) is 18.9 Å². The van der Waals surface area contributed by atoms with E-state index in [0.29, 0.717) is 12.2 Å². The van der Waals surface area contributed by atoms with Gasteiger partial charge in [0.2, 0.25) is 10.0 Å². The minimum atomic E-state index is -3.50. The van der Waals surface area contributed by atoms with Crippen LogP contribution in [0, 0.1) is 0 Å². The summed E-state index contributed by atoms with van der Waals surface area (Å²) in [5.41, 5.74) is 7.23. The Kier molecular flexibility index (Phi) is 4.55. The highest BCUT2D eigenvalue weighted by Crippen LogP contribution is 2.19. The van der Waals surface area contributed by atoms with E-state index >= 15 is 0 Å². The van der Waals surface area contributed by atoms with E-state index in [9.17, 15) is 8.42 Å². The molecule has 104 valence electrons. The quantitative estimate of drug-likeness (QED) is 0.806. The standard InChI is InChI=1S/C13H19N3O2S/c14-12-8-13(10-15-9-12)19(17,18)16-7-6-11-4-2-1-3-5-11/h4,8-10,16H,1-3,5-7,14H2. The topological polar surface area (TPSA) is 85.1 Å². The van der Waals surface area contributed by atoms with Gasteiger partial charge in [-0.3, -0.25) is 4.98 Å². The third kappa shape index (κ3) is 4.04. The number of sulfonamides is 1. The number of rotatable bonds is 5. The minimum Gasteiger partial charge on any atom is -0.397 e. The van der Waals surface area contributed by atoms with E-state index in [1.54, 1.807) is 0 Å². The first-order valence-electron chi connectivity index (χ1n) is 6.46. The predicted molar refractivity (Wildman–Crippen MR) is 75.0 cm³/mol. The lowest BCUT2D eigenvalue weighted by Crippen LogP contribution is -2.25. The Balaban J connectivity index is 1.92. The van der Waals surface area contributed by atoms with E-state index in [1.165, 1.54) is 36.9 Å². The van der Waals surface area contributed by atoms with Gasteiger partial charge >= 0.3 is 0 Å². The first-order chi connectivity index (χ1) is 9.08. The molecule has 5 nitrogen and oxygen atoms in total. The Morgan fingerprint density at radius 2 is 2.16 bits per heavy atom. The number of hydrogen-bond donors (Lipinski definition) is 2. The summed E-state index contributed by atoms with van der Waals surface area (Å²) >= 11 is 0. The molecule has 1 heterocycles. The van der Waals surface area contributed by atoms with Crippen molar-refractivity contribution in [3.8, 4) is 0 Å². The molecule has 1 aliphatic carbocycles. The van der Waals surface area contributed by atoms with Crippen LogP contribution in [0.15, 0.2) is 35.0 Å². The summed E-state index contributed by atoms with van der Waals surface area (Å²) in [5, 5.41) is 0. The van der Waals surface area contributed by atoms with Crippen molar-refractivity contribution >= 4 is 15.7 Å². The lowest BCUT2D eigenvalue weighted by molar-refractivity contribution is 0.579. The Hall–Kier alpha value is -1.40. The fourth-order valence-electron chi connectivity index (χ4n) is 2.14. The van der Waals surface area contributed by atoms with Gasteiger partial charge in [-0.2, -0.15) is 0 Å². The zero-order valence-corrected chi connectivity index (χ0v) is 11.6. The summed E-state index contributed by atoms with van der Waals surface area (Å²) in [4.78, 5) is 3.91. The highest BCUT2D eigenvalue weighted by atomic mass is 32.2. The molecule has 1 aromatic rings. The first-order valence-corrected chi connectivity index (χ1v) is 7.94. The van der Waals surface area contributed by atoms with E-state index in [2.05, 4.69) is 15.8 Å². The normalized spacial score (nSPS) is 16.1. The molecule has 0 saturated carbocycles. The zero-order valence-electron chi connectivity index (χ0n) is 10.8. The van der Waals surface area contributed by atoms with Gasteiger partial charge in [0.05, 0.1) is 5.69 Å². The number of anilines is 1. The molecule has 0 fully saturated rings. The maximum Gasteiger partial charge on any atom is 0.242 e. The third-order valence-corrected chi connectivity index (χ3v) is 4.60. The molecule has 0 spiro atoms. The number of nitrogens with one attached hydrogen (secondary N) is 1. The first kappa shape index (κ1) is 14.0. The van der Waals surface area contributed by atoms with Crippen molar-refractivity contribution in [2.75, 3.05) is 12.3 Å². The second-order valence-electron chi connectivity index (χ2n) is 4.71. The van der Waals surface area contributed by atoms with Crippen LogP contribution in [-0.4, -0.2) is 19.9 Å². The monoisotopic (exact) mass is 281 g/mol. The predicted octanol–water partition coefficient (Wildman–Crippen LogP) is 1.83. The molecule has 2 rings (SSSR count). The molecule has 0 radical (unpaired) electrons. The summed E-state index contributed by atoms with van der Waals surface area (Å²) in [6.07, 6.45) is 10.4. The zero-order chi connectivity index (χ0) is 13.7. The van der Waals surface area contributed by atoms with E-state index < -0.39 is 10.0 Å². The maximum absolute atomic E-state index is 12.0. The largest absolute Gasteiger partial charge is 0.397 e. The Labute approximate surface area is 114 Å². The van der Waals surface area contributed by atoms with Crippen LogP contribution >= 0.6 is 0 Å². The molecule has 6 heteroatoms. The molecular formula is C13H19N3O2S. The molecule has 0 atom stereocenters. The lowest BCUT2D eigenvalue weighted by atomic mass is 9.97. The summed E-state index contributed by atoms with van der Waals surface area (Å²) < 4.78 is 26.6. The van der Waals surface area contributed by atoms with Crippen LogP contribution in [0.25, 0.3) is 0 Å². The van der Waals surface area contributed by atoms with Crippen LogP contribution in [0.1, 0.15) is 32.1 Å². The summed E-state index contributed by atoms with van der Waals surface area (Å²) in [5.74, 6) is 0. The highest BCUT2D eigenvalue weighted by Gasteiger charge is 2.14. The van der Waals surface area contributed by atoms with E-state index in [1.807, 2.05) is 0 Å². The number of pyridine rings is 1. The van der Waals surface area contributed by atoms with Crippen LogP contribution < -0.4 is 10.5 Å². The van der Waals surface area contributed by atoms with Crippen LogP contribution in [0.4, 0.5) is 5.69 Å². The molecule has 0 aromatic carbocycles. The molecule has 0 bridgehead atoms. The average Bonchev–Trinajstić information content (AvgIpc) is 2.40. The van der Waals surface area contributed by atoms with E-state index in [0.717, 1.165) is 19.3 Å². The number of nitrogen functional groups attached to an aromatic ring is 1. The van der Waals surface area contributed by atoms with Crippen LogP contribution in [-0.2, 0) is 10.0 Å². The van der Waals surface area contributed by atoms with Crippen LogP contribution in [0.5, 0.6) is 0 Å². The molecule has 3 N–H and O–H groups in total. The summed E-state index contributed by atoms with van der Waals surface area (Å²) in [6, 6.07) is 1.41. The third-order valence-electron chi connectivity index (χ3n) is 3.17. The number of nitrogens with two attached hydrogens (primary N) is 1. The van der Waals surface area contributed by atoms with Gasteiger partial charge in [-0.25, -0.2) is 13.1 Å². The molecule has 19 heavy (non-hydrogen) atoms. The van der Waals surface area contributed by atoms with Gasteiger partial charge in [0.1, 0.15) is 4.90 Å². The van der Waals surface area contributed by atoms with Crippen molar-refractivity contribution < 1.29 is 8.42 Å². The Morgan fingerprint density at radius 1 is 1.32 bits per heavy atom. The van der Waals surface area contributed by atoms with E-state index in [-0.39, 0.29) is 4.90 Å². The molecular weight excluding hydrogens is 262 g/mol. The second-order valence-corrected chi connectivity index (χ2v) is 6.48. The molecule has 0 saturated heterocycles. The molecule has 0 aliphatic heterocycles. The molecule has 1 aromatic heterocycles. The van der Waals surface area contributed by atoms with Crippen LogP contribution in [0.2, 0.25) is 0 Å². The fraction of sp³-hybridized carbons (Fsp3) is 0.462. The number of aromatic nitrogens is 1. The van der Waals surface area contributed by atoms with Gasteiger partial charge < -0.3 is 5.73 Å². The van der Waals surface area contributed by atoms with Gasteiger partial charge in [0.15, 0.2) is 0 Å². The van der Waals surface area contributed by atoms with E-state index in [4.69, 9.17) is 5.73 Å². The average molecular weight is 281 g/mol. The van der Waals surface area contributed by atoms with Crippen molar-refractivity contribution in [3.05, 3.63) is 30.1 Å². The number of allylic oxidation sites excluding steroid dienone is 1. The van der Waals surface area contributed by atoms with Gasteiger partial charge in [0.25, 0.3) is 0 Å². The van der Waals surface area contributed by atoms with Crippen molar-refractivity contribution in [1.29, 1.82) is 0 Å². The van der Waals surface area contributed by atoms with Crippen molar-refractivity contribution in [2.45, 2.75) is 37.0 Å². The minimum absolute atomic E-state index is 0.116. The van der Waals surface area contributed by atoms with Crippen LogP contribution in [0.3, 0.4) is 0 Å². The maximum atomic E-state index is 12.0. The summed E-state index contributed by atoms with van der Waals surface area (Å²) in [7, 11) is -3.50. The number of nitrogens with zero attached hydrogens (tertiary/aromatic N) is 1. The van der Waals surface area contributed by atoms with Gasteiger partial charge in [-0.05, 0) is 38.2 Å². The van der Waals surface area contributed by atoms with Crippen molar-refractivity contribution in [1.82, 2.24) is 9.71 Å². The number of hydrogen-bond acceptors (Lipinski definition) is 4. The smallest absolute Gasteiger partial charge is 0.242 e. The summed E-state index contributed by atoms with van der Waals surface area (Å²) in [6.45, 7) is 0.420. The Morgan fingerprint density at radius 3 is 2.84 bits per heavy atom. The molecule has 0 unspecified atom stereocenters. The second kappa shape index (κ2) is 6.16. The van der Waals surface area contributed by atoms with Crippen molar-refractivity contribution in [3.63, 3.8) is 0 Å². The fourth-order valence-corrected chi connectivity index (χ4v) is 3.17. The Bertz CT molecular complexity index is 567. The lowest BCUT2D eigenvalue weighted by Gasteiger charge is -2.13. The van der Waals surface area contributed by atoms with Crippen molar-refractivity contribution in [2.24, 2.45) is 0 Å². The van der Waals surface area contributed by atoms with Gasteiger partial charge in [-0.1, -0.05) is 11.6 Å². The van der Waals surface area contributed by atoms with Gasteiger partial charge in [-0.15, -0.1) is 0 Å².